The fourth-order valence-corrected chi connectivity index (χ4v) is 2.42. The van der Waals surface area contributed by atoms with E-state index < -0.39 is 0 Å². The molecule has 0 amide bonds. The van der Waals surface area contributed by atoms with Crippen LogP contribution in [-0.4, -0.2) is 17.4 Å². The average Bonchev–Trinajstić information content (AvgIpc) is 2.44. The van der Waals surface area contributed by atoms with Crippen LogP contribution in [0, 0.1) is 0 Å². The van der Waals surface area contributed by atoms with Gasteiger partial charge < -0.3 is 4.74 Å². The minimum Gasteiger partial charge on any atom is -0.466 e. The van der Waals surface area contributed by atoms with Gasteiger partial charge in [-0.3, -0.25) is 4.79 Å². The van der Waals surface area contributed by atoms with E-state index in [9.17, 15) is 4.79 Å². The van der Waals surface area contributed by atoms with Crippen molar-refractivity contribution < 1.29 is 9.53 Å². The largest absolute Gasteiger partial charge is 0.466 e. The summed E-state index contributed by atoms with van der Waals surface area (Å²) in [5, 5.41) is 0. The standard InChI is InChI=1S/C17H33BrO2/c1-3-5-6-7-8-9-10-11-12-13-14-20-17(19)15-16(18)4-2/h16H,3-15H2,1-2H3. The molecule has 0 fully saturated rings. The van der Waals surface area contributed by atoms with Gasteiger partial charge in [-0.1, -0.05) is 87.6 Å². The molecule has 0 aliphatic heterocycles. The summed E-state index contributed by atoms with van der Waals surface area (Å²) in [6, 6.07) is 0. The molecule has 0 radical (unpaired) electrons. The highest BCUT2D eigenvalue weighted by Gasteiger charge is 2.09. The van der Waals surface area contributed by atoms with Crippen LogP contribution >= 0.6 is 15.9 Å². The van der Waals surface area contributed by atoms with Gasteiger partial charge in [0.25, 0.3) is 0 Å². The summed E-state index contributed by atoms with van der Waals surface area (Å²) in [6.45, 7) is 4.92. The van der Waals surface area contributed by atoms with Crippen molar-refractivity contribution in [3.05, 3.63) is 0 Å². The number of unbranched alkanes of at least 4 members (excludes halogenated alkanes) is 9. The SMILES string of the molecule is CCCCCCCCCCCCOC(=O)CC(Br)CC. The first-order chi connectivity index (χ1) is 9.70. The Bertz CT molecular complexity index is 219. The van der Waals surface area contributed by atoms with Gasteiger partial charge >= 0.3 is 5.97 Å². The van der Waals surface area contributed by atoms with E-state index in [2.05, 4.69) is 29.8 Å². The maximum absolute atomic E-state index is 11.4. The van der Waals surface area contributed by atoms with Gasteiger partial charge in [0.15, 0.2) is 0 Å². The summed E-state index contributed by atoms with van der Waals surface area (Å²) in [4.78, 5) is 11.7. The number of ether oxygens (including phenoxy) is 1. The van der Waals surface area contributed by atoms with Crippen molar-refractivity contribution in [2.24, 2.45) is 0 Å². The zero-order chi connectivity index (χ0) is 15.1. The van der Waals surface area contributed by atoms with Crippen LogP contribution < -0.4 is 0 Å². The van der Waals surface area contributed by atoms with Crippen LogP contribution in [0.4, 0.5) is 0 Å². The first-order valence-corrected chi connectivity index (χ1v) is 9.42. The van der Waals surface area contributed by atoms with Crippen LogP contribution in [0.1, 0.15) is 90.9 Å². The van der Waals surface area contributed by atoms with Gasteiger partial charge in [0.1, 0.15) is 0 Å². The molecule has 0 aliphatic carbocycles. The van der Waals surface area contributed by atoms with E-state index in [-0.39, 0.29) is 10.8 Å². The lowest BCUT2D eigenvalue weighted by molar-refractivity contribution is -0.143. The molecule has 0 aromatic carbocycles. The van der Waals surface area contributed by atoms with Gasteiger partial charge in [-0.15, -0.1) is 0 Å². The fraction of sp³-hybridized carbons (Fsp3) is 0.941. The number of alkyl halides is 1. The van der Waals surface area contributed by atoms with Crippen LogP contribution in [-0.2, 0) is 9.53 Å². The van der Waals surface area contributed by atoms with Crippen LogP contribution in [0.25, 0.3) is 0 Å². The lowest BCUT2D eigenvalue weighted by Crippen LogP contribution is -2.11. The van der Waals surface area contributed by atoms with E-state index in [1.807, 2.05) is 0 Å². The summed E-state index contributed by atoms with van der Waals surface area (Å²) in [5.41, 5.74) is 0. The summed E-state index contributed by atoms with van der Waals surface area (Å²) in [7, 11) is 0. The Kier molecular flexibility index (Phi) is 15.3. The second kappa shape index (κ2) is 15.3. The minimum absolute atomic E-state index is 0.0651. The monoisotopic (exact) mass is 348 g/mol. The lowest BCUT2D eigenvalue weighted by Gasteiger charge is -2.07. The predicted molar refractivity (Wildman–Crippen MR) is 90.4 cm³/mol. The Morgan fingerprint density at radius 3 is 1.90 bits per heavy atom. The number of esters is 1. The Balaban J connectivity index is 3.14. The van der Waals surface area contributed by atoms with E-state index >= 15 is 0 Å². The molecule has 0 spiro atoms. The topological polar surface area (TPSA) is 26.3 Å². The fourth-order valence-electron chi connectivity index (χ4n) is 2.16. The quantitative estimate of drug-likeness (QED) is 0.218. The van der Waals surface area contributed by atoms with E-state index in [0.717, 1.165) is 12.8 Å². The maximum atomic E-state index is 11.4. The molecule has 0 saturated heterocycles. The third kappa shape index (κ3) is 14.4. The highest BCUT2D eigenvalue weighted by atomic mass is 79.9. The van der Waals surface area contributed by atoms with E-state index in [4.69, 9.17) is 4.74 Å². The van der Waals surface area contributed by atoms with Crippen molar-refractivity contribution in [3.63, 3.8) is 0 Å². The summed E-state index contributed by atoms with van der Waals surface area (Å²) in [5.74, 6) is -0.0651. The molecule has 0 heterocycles. The van der Waals surface area contributed by atoms with Gasteiger partial charge in [0, 0.05) is 4.83 Å². The van der Waals surface area contributed by atoms with Crippen LogP contribution in [0.3, 0.4) is 0 Å². The predicted octanol–water partition coefficient (Wildman–Crippen LogP) is 6.01. The minimum atomic E-state index is -0.0651. The lowest BCUT2D eigenvalue weighted by atomic mass is 10.1. The maximum Gasteiger partial charge on any atom is 0.306 e. The molecule has 0 saturated carbocycles. The highest BCUT2D eigenvalue weighted by Crippen LogP contribution is 2.12. The first kappa shape index (κ1) is 19.9. The van der Waals surface area contributed by atoms with Gasteiger partial charge in [-0.25, -0.2) is 0 Å². The van der Waals surface area contributed by atoms with E-state index in [0.29, 0.717) is 13.0 Å². The van der Waals surface area contributed by atoms with Crippen LogP contribution in [0.2, 0.25) is 0 Å². The summed E-state index contributed by atoms with van der Waals surface area (Å²) >= 11 is 3.45. The number of halogens is 1. The van der Waals surface area contributed by atoms with E-state index in [1.54, 1.807) is 0 Å². The number of carbonyl (C=O) groups is 1. The van der Waals surface area contributed by atoms with Crippen molar-refractivity contribution in [1.82, 2.24) is 0 Å². The molecule has 1 atom stereocenters. The average molecular weight is 349 g/mol. The second-order valence-corrected chi connectivity index (χ2v) is 6.91. The second-order valence-electron chi connectivity index (χ2n) is 5.61. The Hall–Kier alpha value is -0.0500. The van der Waals surface area contributed by atoms with Gasteiger partial charge in [0.05, 0.1) is 13.0 Å². The molecule has 20 heavy (non-hydrogen) atoms. The molecule has 0 rings (SSSR count). The Morgan fingerprint density at radius 1 is 0.900 bits per heavy atom. The Labute approximate surface area is 134 Å². The summed E-state index contributed by atoms with van der Waals surface area (Å²) < 4.78 is 5.22. The molecule has 0 bridgehead atoms. The molecular formula is C17H33BrO2. The molecule has 0 aromatic rings. The highest BCUT2D eigenvalue weighted by molar-refractivity contribution is 9.09. The molecule has 120 valence electrons. The van der Waals surface area contributed by atoms with Crippen LogP contribution in [0.15, 0.2) is 0 Å². The molecule has 2 nitrogen and oxygen atoms in total. The molecule has 1 unspecified atom stereocenters. The Morgan fingerprint density at radius 2 is 1.40 bits per heavy atom. The number of carbonyl (C=O) groups excluding carboxylic acids is 1. The van der Waals surface area contributed by atoms with E-state index in [1.165, 1.54) is 57.8 Å². The number of rotatable bonds is 14. The molecule has 3 heteroatoms. The zero-order valence-electron chi connectivity index (χ0n) is 13.5. The molecule has 0 aromatic heterocycles. The zero-order valence-corrected chi connectivity index (χ0v) is 15.1. The molecule has 0 N–H and O–H groups in total. The van der Waals surface area contributed by atoms with Gasteiger partial charge in [0.2, 0.25) is 0 Å². The van der Waals surface area contributed by atoms with Crippen molar-refractivity contribution >= 4 is 21.9 Å². The normalized spacial score (nSPS) is 12.3. The third-order valence-corrected chi connectivity index (χ3v) is 4.56. The van der Waals surface area contributed by atoms with Gasteiger partial charge in [-0.05, 0) is 12.8 Å². The van der Waals surface area contributed by atoms with Crippen molar-refractivity contribution in [2.45, 2.75) is 95.7 Å². The number of hydrogen-bond donors (Lipinski definition) is 0. The number of hydrogen-bond acceptors (Lipinski definition) is 2. The third-order valence-electron chi connectivity index (χ3n) is 3.59. The van der Waals surface area contributed by atoms with Gasteiger partial charge in [-0.2, -0.15) is 0 Å². The van der Waals surface area contributed by atoms with Crippen LogP contribution in [0.5, 0.6) is 0 Å². The first-order valence-electron chi connectivity index (χ1n) is 8.50. The smallest absolute Gasteiger partial charge is 0.306 e. The van der Waals surface area contributed by atoms with Crippen molar-refractivity contribution in [2.75, 3.05) is 6.61 Å². The van der Waals surface area contributed by atoms with Crippen molar-refractivity contribution in [1.29, 1.82) is 0 Å². The molecule has 0 aliphatic rings. The summed E-state index contributed by atoms with van der Waals surface area (Å²) in [6.07, 6.45) is 14.5. The molecular weight excluding hydrogens is 316 g/mol. The van der Waals surface area contributed by atoms with Crippen molar-refractivity contribution in [3.8, 4) is 0 Å².